The Balaban J connectivity index is 1.50. The van der Waals surface area contributed by atoms with Crippen LogP contribution in [-0.2, 0) is 17.4 Å². The third-order valence-corrected chi connectivity index (χ3v) is 6.02. The zero-order valence-corrected chi connectivity index (χ0v) is 19.7. The van der Waals surface area contributed by atoms with Crippen molar-refractivity contribution in [2.24, 2.45) is 0 Å². The minimum absolute atomic E-state index is 0.0805. The summed E-state index contributed by atoms with van der Waals surface area (Å²) in [5.41, 5.74) is 1.81. The Morgan fingerprint density at radius 1 is 1.14 bits per heavy atom. The minimum atomic E-state index is -4.56. The monoisotopic (exact) mass is 507 g/mol. The van der Waals surface area contributed by atoms with Gasteiger partial charge in [0.2, 0.25) is 5.91 Å². The average molecular weight is 507 g/mol. The van der Waals surface area contributed by atoms with Gasteiger partial charge >= 0.3 is 6.18 Å². The Kier molecular flexibility index (Phi) is 5.94. The molecule has 1 aliphatic heterocycles. The van der Waals surface area contributed by atoms with E-state index < -0.39 is 17.6 Å². The quantitative estimate of drug-likeness (QED) is 0.444. The zero-order chi connectivity index (χ0) is 26.3. The molecule has 3 aromatic heterocycles. The summed E-state index contributed by atoms with van der Waals surface area (Å²) < 4.78 is 40.9. The van der Waals surface area contributed by atoms with Crippen LogP contribution in [0.25, 0.3) is 16.8 Å². The maximum atomic E-state index is 13.1. The van der Waals surface area contributed by atoms with E-state index in [0.717, 1.165) is 12.1 Å². The van der Waals surface area contributed by atoms with Crippen LogP contribution in [0, 0.1) is 6.92 Å². The number of nitrogens with one attached hydrogen (secondary N) is 1. The normalized spacial score (nSPS) is 13.1. The number of alkyl halides is 3. The molecule has 0 aliphatic carbocycles. The van der Waals surface area contributed by atoms with Crippen LogP contribution in [0.4, 0.5) is 24.7 Å². The number of anilines is 2. The summed E-state index contributed by atoms with van der Waals surface area (Å²) in [5.74, 6) is 0.106. The molecule has 0 saturated carbocycles. The molecule has 188 valence electrons. The SMILES string of the molecule is CCN1C(=O)Cc2nncn2-c2cc(-c3cc(NC(=O)c4cccc(C(F)(F)F)c4)cnc3C)cnc21. The van der Waals surface area contributed by atoms with Crippen molar-refractivity contribution >= 4 is 23.3 Å². The van der Waals surface area contributed by atoms with E-state index >= 15 is 0 Å². The summed E-state index contributed by atoms with van der Waals surface area (Å²) in [5, 5.41) is 10.6. The number of amides is 2. The molecule has 12 heteroatoms. The minimum Gasteiger partial charge on any atom is -0.321 e. The number of aryl methyl sites for hydroxylation is 1. The number of carbonyl (C=O) groups excluding carboxylic acids is 2. The predicted octanol–water partition coefficient (Wildman–Crippen LogP) is 4.21. The number of halogens is 3. The van der Waals surface area contributed by atoms with Crippen molar-refractivity contribution in [2.75, 3.05) is 16.8 Å². The van der Waals surface area contributed by atoms with Crippen molar-refractivity contribution in [3.63, 3.8) is 0 Å². The summed E-state index contributed by atoms with van der Waals surface area (Å²) in [4.78, 5) is 35.9. The zero-order valence-electron chi connectivity index (χ0n) is 19.7. The first-order valence-corrected chi connectivity index (χ1v) is 11.3. The van der Waals surface area contributed by atoms with Gasteiger partial charge in [0.15, 0.2) is 5.82 Å². The topological polar surface area (TPSA) is 106 Å². The highest BCUT2D eigenvalue weighted by molar-refractivity contribution is 6.04. The van der Waals surface area contributed by atoms with Gasteiger partial charge in [0.25, 0.3) is 5.91 Å². The summed E-state index contributed by atoms with van der Waals surface area (Å²) >= 11 is 0. The molecule has 9 nitrogen and oxygen atoms in total. The van der Waals surface area contributed by atoms with Gasteiger partial charge in [-0.25, -0.2) is 4.98 Å². The van der Waals surface area contributed by atoms with Crippen LogP contribution in [0.1, 0.15) is 34.4 Å². The van der Waals surface area contributed by atoms with Crippen LogP contribution in [0.5, 0.6) is 0 Å². The van der Waals surface area contributed by atoms with Crippen molar-refractivity contribution in [1.82, 2.24) is 24.7 Å². The van der Waals surface area contributed by atoms with E-state index in [1.54, 1.807) is 28.7 Å². The second-order valence-electron chi connectivity index (χ2n) is 8.39. The number of carbonyl (C=O) groups is 2. The molecular formula is C25H20F3N7O2. The second kappa shape index (κ2) is 9.12. The average Bonchev–Trinajstić information content (AvgIpc) is 3.29. The van der Waals surface area contributed by atoms with Crippen molar-refractivity contribution in [2.45, 2.75) is 26.4 Å². The van der Waals surface area contributed by atoms with E-state index in [4.69, 9.17) is 0 Å². The lowest BCUT2D eigenvalue weighted by Crippen LogP contribution is -2.32. The highest BCUT2D eigenvalue weighted by atomic mass is 19.4. The van der Waals surface area contributed by atoms with Crippen LogP contribution in [0.3, 0.4) is 0 Å². The highest BCUT2D eigenvalue weighted by Crippen LogP contribution is 2.33. The molecule has 37 heavy (non-hydrogen) atoms. The number of hydrogen-bond donors (Lipinski definition) is 1. The molecule has 0 bridgehead atoms. The van der Waals surface area contributed by atoms with Crippen molar-refractivity contribution < 1.29 is 22.8 Å². The molecule has 1 aliphatic rings. The first-order chi connectivity index (χ1) is 17.7. The first kappa shape index (κ1) is 24.1. The van der Waals surface area contributed by atoms with Crippen LogP contribution >= 0.6 is 0 Å². The smallest absolute Gasteiger partial charge is 0.321 e. The second-order valence-corrected chi connectivity index (χ2v) is 8.39. The number of nitrogens with zero attached hydrogens (tertiary/aromatic N) is 6. The highest BCUT2D eigenvalue weighted by Gasteiger charge is 2.31. The molecule has 4 aromatic rings. The van der Waals surface area contributed by atoms with Crippen molar-refractivity contribution in [3.05, 3.63) is 77.8 Å². The number of rotatable bonds is 4. The lowest BCUT2D eigenvalue weighted by molar-refractivity contribution is -0.137. The lowest BCUT2D eigenvalue weighted by Gasteiger charge is -2.20. The maximum Gasteiger partial charge on any atom is 0.416 e. The van der Waals surface area contributed by atoms with Crippen LogP contribution in [-0.4, -0.2) is 43.1 Å². The first-order valence-electron chi connectivity index (χ1n) is 11.3. The molecule has 0 unspecified atom stereocenters. The molecular weight excluding hydrogens is 487 g/mol. The fourth-order valence-electron chi connectivity index (χ4n) is 4.17. The van der Waals surface area contributed by atoms with E-state index in [0.29, 0.717) is 46.4 Å². The number of aromatic nitrogens is 5. The summed E-state index contributed by atoms with van der Waals surface area (Å²) in [6.45, 7) is 4.06. The van der Waals surface area contributed by atoms with Gasteiger partial charge in [0.1, 0.15) is 12.2 Å². The summed E-state index contributed by atoms with van der Waals surface area (Å²) in [7, 11) is 0. The molecule has 0 spiro atoms. The molecule has 0 radical (unpaired) electrons. The van der Waals surface area contributed by atoms with Gasteiger partial charge in [-0.3, -0.25) is 24.0 Å². The largest absolute Gasteiger partial charge is 0.416 e. The summed E-state index contributed by atoms with van der Waals surface area (Å²) in [6.07, 6.45) is 0.0684. The van der Waals surface area contributed by atoms with E-state index in [2.05, 4.69) is 25.5 Å². The number of pyridine rings is 2. The van der Waals surface area contributed by atoms with Gasteiger partial charge in [-0.05, 0) is 44.2 Å². The number of benzene rings is 1. The standard InChI is InChI=1S/C25H20F3N7O2/c1-3-34-22(36)10-21-33-31-13-35(21)20-8-16(11-30-23(20)34)19-9-18(12-29-14(19)2)32-24(37)15-5-4-6-17(7-15)25(26,27)28/h4-9,11-13H,3,10H2,1-2H3,(H,32,37). The van der Waals surface area contributed by atoms with Gasteiger partial charge < -0.3 is 5.32 Å². The van der Waals surface area contributed by atoms with Gasteiger partial charge in [-0.1, -0.05) is 6.07 Å². The Labute approximate surface area is 209 Å². The van der Waals surface area contributed by atoms with Crippen LogP contribution in [0.15, 0.2) is 55.1 Å². The fourth-order valence-corrected chi connectivity index (χ4v) is 4.17. The van der Waals surface area contributed by atoms with Crippen molar-refractivity contribution in [3.8, 4) is 16.8 Å². The fraction of sp³-hybridized carbons (Fsp3) is 0.200. The maximum absolute atomic E-state index is 13.1. The van der Waals surface area contributed by atoms with Gasteiger partial charge in [0.05, 0.1) is 29.6 Å². The van der Waals surface area contributed by atoms with Crippen molar-refractivity contribution in [1.29, 1.82) is 0 Å². The molecule has 0 atom stereocenters. The Morgan fingerprint density at radius 2 is 1.95 bits per heavy atom. The number of hydrogen-bond acceptors (Lipinski definition) is 6. The van der Waals surface area contributed by atoms with Gasteiger partial charge in [0, 0.05) is 35.1 Å². The third-order valence-electron chi connectivity index (χ3n) is 6.02. The third kappa shape index (κ3) is 4.53. The molecule has 1 N–H and O–H groups in total. The van der Waals surface area contributed by atoms with E-state index in [-0.39, 0.29) is 17.9 Å². The summed E-state index contributed by atoms with van der Waals surface area (Å²) in [6, 6.07) is 7.69. The molecule has 0 saturated heterocycles. The van der Waals surface area contributed by atoms with Gasteiger partial charge in [-0.15, -0.1) is 10.2 Å². The van der Waals surface area contributed by atoms with E-state index in [1.807, 2.05) is 13.0 Å². The molecule has 0 fully saturated rings. The number of likely N-dealkylation sites (N-methyl/N-ethyl adjacent to an activating group) is 1. The van der Waals surface area contributed by atoms with Crippen LogP contribution in [0.2, 0.25) is 0 Å². The molecule has 4 heterocycles. The van der Waals surface area contributed by atoms with Crippen LogP contribution < -0.4 is 10.2 Å². The van der Waals surface area contributed by atoms with E-state index in [1.165, 1.54) is 24.7 Å². The Bertz CT molecular complexity index is 1530. The molecule has 2 amide bonds. The Morgan fingerprint density at radius 3 is 2.70 bits per heavy atom. The Hall–Kier alpha value is -4.61. The van der Waals surface area contributed by atoms with E-state index in [9.17, 15) is 22.8 Å². The molecule has 5 rings (SSSR count). The molecule has 1 aromatic carbocycles. The predicted molar refractivity (Wildman–Crippen MR) is 128 cm³/mol. The van der Waals surface area contributed by atoms with Gasteiger partial charge in [-0.2, -0.15) is 13.2 Å². The number of fused-ring (bicyclic) bond motifs is 3. The lowest BCUT2D eigenvalue weighted by atomic mass is 10.0.